The van der Waals surface area contributed by atoms with Crippen molar-refractivity contribution in [2.24, 2.45) is 0 Å². The molecule has 3 aromatic rings. The van der Waals surface area contributed by atoms with Gasteiger partial charge in [-0.2, -0.15) is 0 Å². The number of nitrogens with one attached hydrogen (secondary N) is 2. The van der Waals surface area contributed by atoms with Crippen molar-refractivity contribution in [1.29, 1.82) is 0 Å². The molecule has 0 fully saturated rings. The first-order valence-electron chi connectivity index (χ1n) is 8.49. The first-order valence-corrected chi connectivity index (χ1v) is 8.90. The lowest BCUT2D eigenvalue weighted by Crippen LogP contribution is -2.33. The summed E-state index contributed by atoms with van der Waals surface area (Å²) in [4.78, 5) is 12.3. The molecular weight excluding hydrogens is 348 g/mol. The number of hydrogen-bond acceptors (Lipinski definition) is 4. The average Bonchev–Trinajstić information content (AvgIpc) is 3.08. The second-order valence-corrected chi connectivity index (χ2v) is 6.19. The maximum atomic E-state index is 12.3. The second kappa shape index (κ2) is 8.49. The van der Waals surface area contributed by atoms with E-state index in [4.69, 9.17) is 21.4 Å². The van der Waals surface area contributed by atoms with Crippen molar-refractivity contribution in [1.82, 2.24) is 5.32 Å². The van der Waals surface area contributed by atoms with E-state index in [1.807, 2.05) is 48.5 Å². The number of para-hydroxylation sites is 1. The Labute approximate surface area is 157 Å². The third-order valence-corrected chi connectivity index (χ3v) is 3.96. The molecule has 1 heterocycles. The summed E-state index contributed by atoms with van der Waals surface area (Å²) in [7, 11) is 0. The number of anilines is 1. The fourth-order valence-electron chi connectivity index (χ4n) is 2.39. The molecule has 0 aliphatic rings. The van der Waals surface area contributed by atoms with Gasteiger partial charge >= 0.3 is 0 Å². The van der Waals surface area contributed by atoms with Crippen LogP contribution in [0.3, 0.4) is 0 Å². The minimum atomic E-state index is -0.391. The Morgan fingerprint density at radius 2 is 1.92 bits per heavy atom. The fourth-order valence-corrected chi connectivity index (χ4v) is 2.60. The van der Waals surface area contributed by atoms with E-state index in [9.17, 15) is 4.79 Å². The predicted molar refractivity (Wildman–Crippen MR) is 107 cm³/mol. The normalized spacial score (nSPS) is 10.5. The largest absolute Gasteiger partial charge is 0.494 e. The number of ether oxygens (including phenoxy) is 1. The van der Waals surface area contributed by atoms with Gasteiger partial charge in [0.25, 0.3) is 5.91 Å². The summed E-state index contributed by atoms with van der Waals surface area (Å²) in [6.45, 7) is 2.83. The van der Waals surface area contributed by atoms with Gasteiger partial charge in [-0.05, 0) is 55.0 Å². The van der Waals surface area contributed by atoms with E-state index < -0.39 is 5.91 Å². The van der Waals surface area contributed by atoms with Crippen LogP contribution in [0.25, 0.3) is 11.0 Å². The standard InChI is InChI=1S/C20H20N2O3S/c1-2-3-12-24-16-10-8-15(9-11-16)21-20(26)22-19(23)18-13-14-6-4-5-7-17(14)25-18/h4-11,13H,2-3,12H2,1H3,(H2,21,22,23,26). The highest BCUT2D eigenvalue weighted by Crippen LogP contribution is 2.19. The van der Waals surface area contributed by atoms with Crippen LogP contribution in [-0.4, -0.2) is 17.6 Å². The van der Waals surface area contributed by atoms with E-state index >= 15 is 0 Å². The van der Waals surface area contributed by atoms with Crippen LogP contribution in [0.4, 0.5) is 5.69 Å². The maximum Gasteiger partial charge on any atom is 0.293 e. The number of hydrogen-bond donors (Lipinski definition) is 2. The number of benzene rings is 2. The van der Waals surface area contributed by atoms with Gasteiger partial charge in [0.05, 0.1) is 6.61 Å². The number of carbonyl (C=O) groups excluding carboxylic acids is 1. The van der Waals surface area contributed by atoms with Gasteiger partial charge in [-0.25, -0.2) is 0 Å². The lowest BCUT2D eigenvalue weighted by Gasteiger charge is -2.10. The number of furan rings is 1. The molecule has 0 saturated carbocycles. The Morgan fingerprint density at radius 1 is 1.15 bits per heavy atom. The molecular formula is C20H20N2O3S. The molecule has 2 N–H and O–H groups in total. The van der Waals surface area contributed by atoms with Gasteiger partial charge in [0.15, 0.2) is 10.9 Å². The topological polar surface area (TPSA) is 63.5 Å². The highest BCUT2D eigenvalue weighted by atomic mass is 32.1. The summed E-state index contributed by atoms with van der Waals surface area (Å²) in [6, 6.07) is 16.6. The summed E-state index contributed by atoms with van der Waals surface area (Å²) in [5, 5.41) is 6.67. The lowest BCUT2D eigenvalue weighted by atomic mass is 10.2. The van der Waals surface area contributed by atoms with Gasteiger partial charge in [0.2, 0.25) is 0 Å². The first-order chi connectivity index (χ1) is 12.7. The molecule has 0 aliphatic heterocycles. The third-order valence-electron chi connectivity index (χ3n) is 3.76. The van der Waals surface area contributed by atoms with E-state index in [-0.39, 0.29) is 10.9 Å². The van der Waals surface area contributed by atoms with Crippen LogP contribution in [-0.2, 0) is 0 Å². The molecule has 0 aliphatic carbocycles. The molecule has 0 saturated heterocycles. The van der Waals surface area contributed by atoms with Crippen LogP contribution < -0.4 is 15.4 Å². The van der Waals surface area contributed by atoms with Gasteiger partial charge < -0.3 is 14.5 Å². The van der Waals surface area contributed by atoms with E-state index in [0.717, 1.165) is 29.7 Å². The van der Waals surface area contributed by atoms with Crippen LogP contribution in [0.15, 0.2) is 59.0 Å². The van der Waals surface area contributed by atoms with Gasteiger partial charge in [-0.3, -0.25) is 10.1 Å². The zero-order chi connectivity index (χ0) is 18.4. The summed E-state index contributed by atoms with van der Waals surface area (Å²) >= 11 is 5.20. The molecule has 1 aromatic heterocycles. The molecule has 6 heteroatoms. The van der Waals surface area contributed by atoms with Crippen molar-refractivity contribution in [3.05, 3.63) is 60.4 Å². The van der Waals surface area contributed by atoms with Gasteiger partial charge in [0, 0.05) is 11.1 Å². The molecule has 0 spiro atoms. The molecule has 0 unspecified atom stereocenters. The van der Waals surface area contributed by atoms with Crippen LogP contribution >= 0.6 is 12.2 Å². The van der Waals surface area contributed by atoms with Crippen molar-refractivity contribution in [3.8, 4) is 5.75 Å². The van der Waals surface area contributed by atoms with E-state index in [1.165, 1.54) is 0 Å². The first kappa shape index (κ1) is 17.9. The number of rotatable bonds is 6. The van der Waals surface area contributed by atoms with E-state index in [1.54, 1.807) is 6.07 Å². The predicted octanol–water partition coefficient (Wildman–Crippen LogP) is 4.74. The fraction of sp³-hybridized carbons (Fsp3) is 0.200. The van der Waals surface area contributed by atoms with E-state index in [2.05, 4.69) is 17.6 Å². The molecule has 0 atom stereocenters. The highest BCUT2D eigenvalue weighted by molar-refractivity contribution is 7.80. The Balaban J connectivity index is 1.55. The second-order valence-electron chi connectivity index (χ2n) is 5.78. The Hall–Kier alpha value is -2.86. The SMILES string of the molecule is CCCCOc1ccc(NC(=S)NC(=O)c2cc3ccccc3o2)cc1. The minimum absolute atomic E-state index is 0.204. The van der Waals surface area contributed by atoms with Crippen LogP contribution in [0.2, 0.25) is 0 Å². The van der Waals surface area contributed by atoms with Crippen molar-refractivity contribution in [2.75, 3.05) is 11.9 Å². The highest BCUT2D eigenvalue weighted by Gasteiger charge is 2.13. The lowest BCUT2D eigenvalue weighted by molar-refractivity contribution is 0.0953. The van der Waals surface area contributed by atoms with E-state index in [0.29, 0.717) is 12.2 Å². The Kier molecular flexibility index (Phi) is 5.86. The van der Waals surface area contributed by atoms with Crippen molar-refractivity contribution in [2.45, 2.75) is 19.8 Å². The number of amides is 1. The molecule has 134 valence electrons. The summed E-state index contributed by atoms with van der Waals surface area (Å²) in [5.41, 5.74) is 1.43. The van der Waals surface area contributed by atoms with Crippen LogP contribution in [0.1, 0.15) is 30.3 Å². The minimum Gasteiger partial charge on any atom is -0.494 e. The molecule has 0 radical (unpaired) electrons. The Bertz CT molecular complexity index is 870. The molecule has 26 heavy (non-hydrogen) atoms. The zero-order valence-corrected chi connectivity index (χ0v) is 15.3. The van der Waals surface area contributed by atoms with Crippen LogP contribution in [0.5, 0.6) is 5.75 Å². The van der Waals surface area contributed by atoms with Gasteiger partial charge in [0.1, 0.15) is 11.3 Å². The number of unbranched alkanes of at least 4 members (excludes halogenated alkanes) is 1. The summed E-state index contributed by atoms with van der Waals surface area (Å²) in [6.07, 6.45) is 2.12. The van der Waals surface area contributed by atoms with Gasteiger partial charge in [-0.15, -0.1) is 0 Å². The number of thiocarbonyl (C=S) groups is 1. The summed E-state index contributed by atoms with van der Waals surface area (Å²) in [5.74, 6) is 0.634. The maximum absolute atomic E-state index is 12.3. The quantitative estimate of drug-likeness (QED) is 0.486. The van der Waals surface area contributed by atoms with Crippen molar-refractivity contribution < 1.29 is 13.9 Å². The molecule has 5 nitrogen and oxygen atoms in total. The monoisotopic (exact) mass is 368 g/mol. The molecule has 3 rings (SSSR count). The number of fused-ring (bicyclic) bond motifs is 1. The van der Waals surface area contributed by atoms with Crippen LogP contribution in [0, 0.1) is 0 Å². The zero-order valence-electron chi connectivity index (χ0n) is 14.5. The smallest absolute Gasteiger partial charge is 0.293 e. The average molecular weight is 368 g/mol. The van der Waals surface area contributed by atoms with Crippen molar-refractivity contribution in [3.63, 3.8) is 0 Å². The molecule has 2 aromatic carbocycles. The van der Waals surface area contributed by atoms with Crippen molar-refractivity contribution >= 4 is 39.9 Å². The molecule has 0 bridgehead atoms. The van der Waals surface area contributed by atoms with Gasteiger partial charge in [-0.1, -0.05) is 31.5 Å². The Morgan fingerprint density at radius 3 is 2.65 bits per heavy atom. The number of carbonyl (C=O) groups is 1. The summed E-state index contributed by atoms with van der Waals surface area (Å²) < 4.78 is 11.1. The molecule has 1 amide bonds. The third kappa shape index (κ3) is 4.61.